The molecule has 0 heterocycles. The molecule has 2 aromatic carbocycles. The number of amides is 2. The SMILES string of the molecule is CC(NC(=O)O)C(=O)NC(C)(Cc1cc(F)cc(F)c1)Cc1cc(F)cc(F)c1. The third-order valence-corrected chi connectivity index (χ3v) is 4.19. The monoisotopic (exact) mass is 412 g/mol. The molecule has 29 heavy (non-hydrogen) atoms. The Morgan fingerprint density at radius 1 is 0.897 bits per heavy atom. The lowest BCUT2D eigenvalue weighted by Gasteiger charge is -2.32. The van der Waals surface area contributed by atoms with E-state index in [4.69, 9.17) is 5.11 Å². The number of halogens is 4. The van der Waals surface area contributed by atoms with Crippen LogP contribution in [0.4, 0.5) is 22.4 Å². The van der Waals surface area contributed by atoms with Crippen LogP contribution in [0.2, 0.25) is 0 Å². The van der Waals surface area contributed by atoms with Crippen molar-refractivity contribution in [1.82, 2.24) is 10.6 Å². The van der Waals surface area contributed by atoms with Gasteiger partial charge in [0.2, 0.25) is 5.91 Å². The summed E-state index contributed by atoms with van der Waals surface area (Å²) in [7, 11) is 0. The molecule has 0 saturated carbocycles. The second-order valence-corrected chi connectivity index (χ2v) is 7.13. The van der Waals surface area contributed by atoms with Gasteiger partial charge in [0.25, 0.3) is 0 Å². The summed E-state index contributed by atoms with van der Waals surface area (Å²) in [5.41, 5.74) is -0.812. The molecule has 0 spiro atoms. The topological polar surface area (TPSA) is 78.4 Å². The predicted molar refractivity (Wildman–Crippen MR) is 97.3 cm³/mol. The van der Waals surface area contributed by atoms with Crippen molar-refractivity contribution in [2.24, 2.45) is 0 Å². The van der Waals surface area contributed by atoms with Crippen molar-refractivity contribution in [2.45, 2.75) is 38.3 Å². The van der Waals surface area contributed by atoms with E-state index in [1.54, 1.807) is 0 Å². The fraction of sp³-hybridized carbons (Fsp3) is 0.300. The van der Waals surface area contributed by atoms with Gasteiger partial charge in [-0.3, -0.25) is 4.79 Å². The van der Waals surface area contributed by atoms with Crippen molar-refractivity contribution in [1.29, 1.82) is 0 Å². The first-order valence-corrected chi connectivity index (χ1v) is 8.67. The van der Waals surface area contributed by atoms with Crippen LogP contribution in [0.15, 0.2) is 36.4 Å². The van der Waals surface area contributed by atoms with E-state index in [0.29, 0.717) is 12.1 Å². The summed E-state index contributed by atoms with van der Waals surface area (Å²) in [4.78, 5) is 23.2. The summed E-state index contributed by atoms with van der Waals surface area (Å²) in [5.74, 6) is -3.96. The van der Waals surface area contributed by atoms with Crippen LogP contribution in [0.3, 0.4) is 0 Å². The molecule has 156 valence electrons. The zero-order valence-electron chi connectivity index (χ0n) is 15.7. The lowest BCUT2D eigenvalue weighted by atomic mass is 9.86. The molecule has 1 unspecified atom stereocenters. The molecule has 3 N–H and O–H groups in total. The number of hydrogen-bond acceptors (Lipinski definition) is 2. The second-order valence-electron chi connectivity index (χ2n) is 7.13. The van der Waals surface area contributed by atoms with E-state index in [1.807, 2.05) is 5.32 Å². The third kappa shape index (κ3) is 6.78. The Bertz CT molecular complexity index is 827. The fourth-order valence-electron chi connectivity index (χ4n) is 3.13. The zero-order valence-corrected chi connectivity index (χ0v) is 15.7. The molecule has 0 bridgehead atoms. The van der Waals surface area contributed by atoms with E-state index < -0.39 is 46.9 Å². The highest BCUT2D eigenvalue weighted by molar-refractivity contribution is 5.85. The highest BCUT2D eigenvalue weighted by Crippen LogP contribution is 2.22. The molecule has 0 fully saturated rings. The maximum atomic E-state index is 13.6. The van der Waals surface area contributed by atoms with Gasteiger partial charge in [0.15, 0.2) is 0 Å². The first kappa shape index (κ1) is 22.2. The van der Waals surface area contributed by atoms with Crippen molar-refractivity contribution in [2.75, 3.05) is 0 Å². The van der Waals surface area contributed by atoms with Gasteiger partial charge in [0.1, 0.15) is 29.3 Å². The molecule has 0 aliphatic rings. The number of nitrogens with one attached hydrogen (secondary N) is 2. The van der Waals surface area contributed by atoms with Gasteiger partial charge >= 0.3 is 6.09 Å². The quantitative estimate of drug-likeness (QED) is 0.609. The van der Waals surface area contributed by atoms with Gasteiger partial charge in [0.05, 0.1) is 0 Å². The average Bonchev–Trinajstić information content (AvgIpc) is 2.51. The molecule has 2 rings (SSSR count). The van der Waals surface area contributed by atoms with E-state index >= 15 is 0 Å². The third-order valence-electron chi connectivity index (χ3n) is 4.19. The Morgan fingerprint density at radius 2 is 1.28 bits per heavy atom. The molecule has 5 nitrogen and oxygen atoms in total. The predicted octanol–water partition coefficient (Wildman–Crippen LogP) is 3.56. The number of carbonyl (C=O) groups is 2. The molecule has 0 radical (unpaired) electrons. The Labute approximate surface area is 164 Å². The highest BCUT2D eigenvalue weighted by Gasteiger charge is 2.30. The van der Waals surface area contributed by atoms with Crippen LogP contribution in [-0.2, 0) is 17.6 Å². The first-order valence-electron chi connectivity index (χ1n) is 8.67. The standard InChI is InChI=1S/C20H20F4N2O3/c1-11(25-19(28)29)18(27)26-20(2,9-12-3-14(21)7-15(22)4-12)10-13-5-16(23)8-17(24)6-13/h3-8,11,25H,9-10H2,1-2H3,(H,26,27)(H,28,29). The van der Waals surface area contributed by atoms with Gasteiger partial charge in [-0.25, -0.2) is 22.4 Å². The van der Waals surface area contributed by atoms with Crippen molar-refractivity contribution in [3.63, 3.8) is 0 Å². The maximum Gasteiger partial charge on any atom is 0.405 e. The van der Waals surface area contributed by atoms with Crippen LogP contribution in [0.5, 0.6) is 0 Å². The van der Waals surface area contributed by atoms with Gasteiger partial charge in [-0.2, -0.15) is 0 Å². The van der Waals surface area contributed by atoms with Crippen LogP contribution in [0, 0.1) is 23.3 Å². The van der Waals surface area contributed by atoms with Crippen molar-refractivity contribution >= 4 is 12.0 Å². The van der Waals surface area contributed by atoms with Crippen LogP contribution in [-0.4, -0.2) is 28.7 Å². The van der Waals surface area contributed by atoms with Gasteiger partial charge in [0, 0.05) is 17.7 Å². The molecular formula is C20H20F4N2O3. The summed E-state index contributed by atoms with van der Waals surface area (Å²) in [6.45, 7) is 2.84. The molecule has 2 aromatic rings. The van der Waals surface area contributed by atoms with Gasteiger partial charge in [-0.1, -0.05) is 0 Å². The van der Waals surface area contributed by atoms with Crippen molar-refractivity contribution < 1.29 is 32.3 Å². The number of carboxylic acid groups (broad SMARTS) is 1. The fourth-order valence-corrected chi connectivity index (χ4v) is 3.13. The van der Waals surface area contributed by atoms with E-state index in [-0.39, 0.29) is 24.0 Å². The van der Waals surface area contributed by atoms with E-state index in [1.165, 1.54) is 13.8 Å². The maximum absolute atomic E-state index is 13.6. The van der Waals surface area contributed by atoms with E-state index in [9.17, 15) is 27.2 Å². The average molecular weight is 412 g/mol. The zero-order chi connectivity index (χ0) is 21.8. The molecule has 0 aliphatic heterocycles. The lowest BCUT2D eigenvalue weighted by molar-refractivity contribution is -0.124. The van der Waals surface area contributed by atoms with Crippen LogP contribution in [0.25, 0.3) is 0 Å². The summed E-state index contributed by atoms with van der Waals surface area (Å²) in [6.07, 6.45) is -1.56. The van der Waals surface area contributed by atoms with Crippen molar-refractivity contribution in [3.05, 3.63) is 70.8 Å². The van der Waals surface area contributed by atoms with Crippen LogP contribution >= 0.6 is 0 Å². The Morgan fingerprint density at radius 3 is 1.62 bits per heavy atom. The molecule has 1 atom stereocenters. The summed E-state index contributed by atoms with van der Waals surface area (Å²) < 4.78 is 54.3. The minimum absolute atomic E-state index is 0.0780. The smallest absolute Gasteiger partial charge is 0.405 e. The van der Waals surface area contributed by atoms with Crippen molar-refractivity contribution in [3.8, 4) is 0 Å². The van der Waals surface area contributed by atoms with Gasteiger partial charge in [-0.05, 0) is 62.1 Å². The molecule has 0 aliphatic carbocycles. The van der Waals surface area contributed by atoms with Crippen LogP contribution < -0.4 is 10.6 Å². The summed E-state index contributed by atoms with van der Waals surface area (Å²) in [6, 6.07) is 4.59. The minimum Gasteiger partial charge on any atom is -0.465 e. The van der Waals surface area contributed by atoms with E-state index in [2.05, 4.69) is 5.32 Å². The van der Waals surface area contributed by atoms with Gasteiger partial charge in [-0.15, -0.1) is 0 Å². The second kappa shape index (κ2) is 8.93. The van der Waals surface area contributed by atoms with Crippen LogP contribution in [0.1, 0.15) is 25.0 Å². The highest BCUT2D eigenvalue weighted by atomic mass is 19.1. The normalized spacial score (nSPS) is 12.3. The molecule has 0 aromatic heterocycles. The Balaban J connectivity index is 2.34. The Kier molecular flexibility index (Phi) is 6.84. The van der Waals surface area contributed by atoms with E-state index in [0.717, 1.165) is 24.3 Å². The largest absolute Gasteiger partial charge is 0.465 e. The number of carbonyl (C=O) groups excluding carboxylic acids is 1. The van der Waals surface area contributed by atoms with Gasteiger partial charge < -0.3 is 15.7 Å². The number of rotatable bonds is 7. The lowest BCUT2D eigenvalue weighted by Crippen LogP contribution is -2.55. The number of benzene rings is 2. The summed E-state index contributed by atoms with van der Waals surface area (Å²) in [5, 5.41) is 13.4. The molecule has 0 saturated heterocycles. The Hall–Kier alpha value is -3.10. The number of hydrogen-bond donors (Lipinski definition) is 3. The molecule has 9 heteroatoms. The molecule has 2 amide bonds. The summed E-state index contributed by atoms with van der Waals surface area (Å²) >= 11 is 0. The first-order chi connectivity index (χ1) is 13.5. The minimum atomic E-state index is -1.41. The molecular weight excluding hydrogens is 392 g/mol.